The third-order valence-electron chi connectivity index (χ3n) is 2.46. The molecule has 0 saturated heterocycles. The lowest BCUT2D eigenvalue weighted by molar-refractivity contribution is -0.384. The number of carbonyl (C=O) groups excluding carboxylic acids is 1. The highest BCUT2D eigenvalue weighted by Crippen LogP contribution is 2.25. The molecule has 0 unspecified atom stereocenters. The quantitative estimate of drug-likeness (QED) is 0.475. The third kappa shape index (κ3) is 6.29. The normalized spacial score (nSPS) is 10.7. The summed E-state index contributed by atoms with van der Waals surface area (Å²) >= 11 is 0. The number of rotatable bonds is 6. The van der Waals surface area contributed by atoms with Gasteiger partial charge in [-0.2, -0.15) is 0 Å². The Morgan fingerprint density at radius 2 is 1.95 bits per heavy atom. The maximum Gasteiger partial charge on any atom is 0.407 e. The van der Waals surface area contributed by atoms with Crippen molar-refractivity contribution in [1.82, 2.24) is 5.32 Å². The summed E-state index contributed by atoms with van der Waals surface area (Å²) in [5.41, 5.74) is -0.0794. The zero-order valence-corrected chi connectivity index (χ0v) is 13.1. The Kier molecular flexibility index (Phi) is 5.97. The number of non-ortho nitro benzene ring substituents is 1. The van der Waals surface area contributed by atoms with E-state index in [2.05, 4.69) is 10.6 Å². The number of nitrogens with one attached hydrogen (secondary N) is 2. The number of hydrogen-bond donors (Lipinski definition) is 2. The molecule has 1 amide bonds. The number of carbonyl (C=O) groups is 1. The van der Waals surface area contributed by atoms with Gasteiger partial charge in [0, 0.05) is 30.9 Å². The molecule has 0 spiro atoms. The van der Waals surface area contributed by atoms with E-state index in [1.165, 1.54) is 19.2 Å². The third-order valence-corrected chi connectivity index (χ3v) is 2.46. The molecule has 1 rings (SSSR count). The van der Waals surface area contributed by atoms with Gasteiger partial charge in [-0.15, -0.1) is 0 Å². The molecule has 8 heteroatoms. The predicted octanol–water partition coefficient (Wildman–Crippen LogP) is 2.54. The minimum atomic E-state index is -0.551. The van der Waals surface area contributed by atoms with Crippen molar-refractivity contribution in [2.75, 3.05) is 25.5 Å². The molecule has 0 heterocycles. The Bertz CT molecular complexity index is 540. The molecular formula is C14H21N3O5. The standard InChI is InChI=1S/C14H21N3O5/c1-14(2,3)22-13(18)16-6-5-15-10-7-11(17(19)20)9-12(8-10)21-4/h7-9,15H,5-6H2,1-4H3,(H,16,18). The zero-order valence-electron chi connectivity index (χ0n) is 13.1. The number of ether oxygens (including phenoxy) is 2. The van der Waals surface area contributed by atoms with E-state index >= 15 is 0 Å². The number of hydrogen-bond acceptors (Lipinski definition) is 6. The molecule has 0 fully saturated rings. The Labute approximate surface area is 128 Å². The molecule has 0 aromatic heterocycles. The SMILES string of the molecule is COc1cc(NCCNC(=O)OC(C)(C)C)cc([N+](=O)[O-])c1. The van der Waals surface area contributed by atoms with Gasteiger partial charge < -0.3 is 20.1 Å². The van der Waals surface area contributed by atoms with Gasteiger partial charge in [-0.1, -0.05) is 0 Å². The van der Waals surface area contributed by atoms with Gasteiger partial charge >= 0.3 is 6.09 Å². The molecule has 0 aliphatic rings. The minimum Gasteiger partial charge on any atom is -0.496 e. The summed E-state index contributed by atoms with van der Waals surface area (Å²) in [6.07, 6.45) is -0.508. The summed E-state index contributed by atoms with van der Waals surface area (Å²) in [6.45, 7) is 6.05. The van der Waals surface area contributed by atoms with Crippen molar-refractivity contribution < 1.29 is 19.2 Å². The highest BCUT2D eigenvalue weighted by molar-refractivity contribution is 5.67. The summed E-state index contributed by atoms with van der Waals surface area (Å²) < 4.78 is 10.1. The topological polar surface area (TPSA) is 103 Å². The lowest BCUT2D eigenvalue weighted by Crippen LogP contribution is -2.34. The first-order valence-corrected chi connectivity index (χ1v) is 6.75. The molecule has 1 aromatic rings. The van der Waals surface area contributed by atoms with Crippen LogP contribution in [-0.2, 0) is 4.74 Å². The van der Waals surface area contributed by atoms with Crippen molar-refractivity contribution in [2.45, 2.75) is 26.4 Å². The van der Waals surface area contributed by atoms with Crippen LogP contribution >= 0.6 is 0 Å². The van der Waals surface area contributed by atoms with E-state index in [1.54, 1.807) is 26.8 Å². The summed E-state index contributed by atoms with van der Waals surface area (Å²) in [4.78, 5) is 21.8. The number of nitrogens with zero attached hydrogens (tertiary/aromatic N) is 1. The van der Waals surface area contributed by atoms with Crippen LogP contribution in [0.5, 0.6) is 5.75 Å². The fourth-order valence-electron chi connectivity index (χ4n) is 1.59. The first kappa shape index (κ1) is 17.5. The maximum absolute atomic E-state index is 11.4. The smallest absolute Gasteiger partial charge is 0.407 e. The van der Waals surface area contributed by atoms with Gasteiger partial charge in [0.1, 0.15) is 11.4 Å². The van der Waals surface area contributed by atoms with Crippen LogP contribution in [0.2, 0.25) is 0 Å². The average molecular weight is 311 g/mol. The van der Waals surface area contributed by atoms with Gasteiger partial charge in [0.25, 0.3) is 5.69 Å². The second-order valence-corrected chi connectivity index (χ2v) is 5.53. The van der Waals surface area contributed by atoms with E-state index in [0.717, 1.165) is 0 Å². The monoisotopic (exact) mass is 311 g/mol. The maximum atomic E-state index is 11.4. The molecule has 1 aromatic carbocycles. The van der Waals surface area contributed by atoms with Crippen molar-refractivity contribution in [3.63, 3.8) is 0 Å². The Balaban J connectivity index is 2.50. The fraction of sp³-hybridized carbons (Fsp3) is 0.500. The van der Waals surface area contributed by atoms with E-state index < -0.39 is 16.6 Å². The van der Waals surface area contributed by atoms with Gasteiger partial charge in [-0.3, -0.25) is 10.1 Å². The molecule has 8 nitrogen and oxygen atoms in total. The van der Waals surface area contributed by atoms with Crippen molar-refractivity contribution >= 4 is 17.5 Å². The van der Waals surface area contributed by atoms with Crippen molar-refractivity contribution in [3.05, 3.63) is 28.3 Å². The van der Waals surface area contributed by atoms with Crippen LogP contribution in [0.25, 0.3) is 0 Å². The van der Waals surface area contributed by atoms with Gasteiger partial charge in [-0.05, 0) is 20.8 Å². The molecule has 0 radical (unpaired) electrons. The zero-order chi connectivity index (χ0) is 16.8. The van der Waals surface area contributed by atoms with E-state index in [0.29, 0.717) is 24.5 Å². The number of methoxy groups -OCH3 is 1. The van der Waals surface area contributed by atoms with Crippen molar-refractivity contribution in [2.24, 2.45) is 0 Å². The lowest BCUT2D eigenvalue weighted by Gasteiger charge is -2.19. The largest absolute Gasteiger partial charge is 0.496 e. The lowest BCUT2D eigenvalue weighted by atomic mass is 10.2. The summed E-state index contributed by atoms with van der Waals surface area (Å²) in [6, 6.07) is 4.38. The summed E-state index contributed by atoms with van der Waals surface area (Å²) in [5, 5.41) is 16.4. The van der Waals surface area contributed by atoms with E-state index in [-0.39, 0.29) is 5.69 Å². The second-order valence-electron chi connectivity index (χ2n) is 5.53. The molecule has 22 heavy (non-hydrogen) atoms. The number of nitro groups is 1. The second kappa shape index (κ2) is 7.48. The Morgan fingerprint density at radius 3 is 2.50 bits per heavy atom. The highest BCUT2D eigenvalue weighted by atomic mass is 16.6. The molecule has 2 N–H and O–H groups in total. The van der Waals surface area contributed by atoms with E-state index in [9.17, 15) is 14.9 Å². The molecule has 0 aliphatic heterocycles. The number of anilines is 1. The van der Waals surface area contributed by atoms with Crippen LogP contribution < -0.4 is 15.4 Å². The van der Waals surface area contributed by atoms with Crippen LogP contribution in [0, 0.1) is 10.1 Å². The number of amides is 1. The van der Waals surface area contributed by atoms with Gasteiger partial charge in [0.2, 0.25) is 0 Å². The number of benzene rings is 1. The van der Waals surface area contributed by atoms with Crippen LogP contribution in [0.1, 0.15) is 20.8 Å². The first-order valence-electron chi connectivity index (χ1n) is 6.75. The Morgan fingerprint density at radius 1 is 1.27 bits per heavy atom. The number of nitro benzene ring substituents is 1. The fourth-order valence-corrected chi connectivity index (χ4v) is 1.59. The summed E-state index contributed by atoms with van der Waals surface area (Å²) in [5.74, 6) is 0.386. The van der Waals surface area contributed by atoms with Crippen LogP contribution in [0.3, 0.4) is 0 Å². The van der Waals surface area contributed by atoms with Crippen LogP contribution in [-0.4, -0.2) is 36.8 Å². The molecule has 122 valence electrons. The van der Waals surface area contributed by atoms with Crippen molar-refractivity contribution in [3.8, 4) is 5.75 Å². The first-order chi connectivity index (χ1) is 10.2. The van der Waals surface area contributed by atoms with Gasteiger partial charge in [0.05, 0.1) is 18.1 Å². The average Bonchev–Trinajstić information content (AvgIpc) is 2.41. The van der Waals surface area contributed by atoms with Crippen LogP contribution in [0.15, 0.2) is 18.2 Å². The number of alkyl carbamates (subject to hydrolysis) is 1. The molecule has 0 atom stereocenters. The summed E-state index contributed by atoms with van der Waals surface area (Å²) in [7, 11) is 1.44. The molecular weight excluding hydrogens is 290 g/mol. The van der Waals surface area contributed by atoms with Gasteiger partial charge in [0.15, 0.2) is 0 Å². The molecule has 0 saturated carbocycles. The van der Waals surface area contributed by atoms with Gasteiger partial charge in [-0.25, -0.2) is 4.79 Å². The molecule has 0 bridgehead atoms. The molecule has 0 aliphatic carbocycles. The predicted molar refractivity (Wildman–Crippen MR) is 82.4 cm³/mol. The highest BCUT2D eigenvalue weighted by Gasteiger charge is 2.15. The van der Waals surface area contributed by atoms with Crippen LogP contribution in [0.4, 0.5) is 16.2 Å². The van der Waals surface area contributed by atoms with E-state index in [1.807, 2.05) is 0 Å². The minimum absolute atomic E-state index is 0.0676. The van der Waals surface area contributed by atoms with Crippen molar-refractivity contribution in [1.29, 1.82) is 0 Å². The van der Waals surface area contributed by atoms with E-state index in [4.69, 9.17) is 9.47 Å². The Hall–Kier alpha value is -2.51.